The van der Waals surface area contributed by atoms with Gasteiger partial charge in [0.2, 0.25) is 10.0 Å². The summed E-state index contributed by atoms with van der Waals surface area (Å²) < 4.78 is 32.5. The van der Waals surface area contributed by atoms with Gasteiger partial charge in [0.1, 0.15) is 0 Å². The zero-order valence-electron chi connectivity index (χ0n) is 13.3. The molecule has 1 atom stereocenters. The van der Waals surface area contributed by atoms with E-state index < -0.39 is 15.4 Å². The van der Waals surface area contributed by atoms with Crippen molar-refractivity contribution in [1.29, 1.82) is 5.26 Å². The summed E-state index contributed by atoms with van der Waals surface area (Å²) in [7, 11) is -3.44. The molecule has 2 rings (SSSR count). The zero-order valence-corrected chi connectivity index (χ0v) is 14.9. The van der Waals surface area contributed by atoms with Crippen molar-refractivity contribution < 1.29 is 13.2 Å². The molecular formula is C16H21ClN2O3S. The highest BCUT2D eigenvalue weighted by molar-refractivity contribution is 7.89. The van der Waals surface area contributed by atoms with Gasteiger partial charge in [-0.05, 0) is 23.1 Å². The molecule has 7 heteroatoms. The molecule has 1 aliphatic rings. The smallest absolute Gasteiger partial charge is 0.214 e. The van der Waals surface area contributed by atoms with Crippen LogP contribution in [0.15, 0.2) is 24.3 Å². The minimum atomic E-state index is -3.44. The largest absolute Gasteiger partial charge is 0.371 e. The first-order valence-corrected chi connectivity index (χ1v) is 9.44. The molecule has 1 aliphatic heterocycles. The number of morpholine rings is 1. The first kappa shape index (κ1) is 18.2. The summed E-state index contributed by atoms with van der Waals surface area (Å²) in [5, 5.41) is 9.46. The molecule has 0 aromatic heterocycles. The van der Waals surface area contributed by atoms with Crippen molar-refractivity contribution in [2.45, 2.75) is 26.4 Å². The molecule has 0 aliphatic carbocycles. The predicted octanol–water partition coefficient (Wildman–Crippen LogP) is 2.98. The van der Waals surface area contributed by atoms with Crippen LogP contribution in [-0.4, -0.2) is 38.2 Å². The maximum absolute atomic E-state index is 12.6. The highest BCUT2D eigenvalue weighted by atomic mass is 35.5. The van der Waals surface area contributed by atoms with Crippen LogP contribution in [-0.2, 0) is 14.8 Å². The van der Waals surface area contributed by atoms with E-state index in [-0.39, 0.29) is 24.8 Å². The fourth-order valence-corrected chi connectivity index (χ4v) is 4.72. The minimum absolute atomic E-state index is 0.0408. The number of nitrogens with zero attached hydrogens (tertiary/aromatic N) is 2. The molecule has 1 aromatic carbocycles. The number of nitriles is 1. The Labute approximate surface area is 142 Å². The Kier molecular flexibility index (Phi) is 5.69. The van der Waals surface area contributed by atoms with E-state index in [2.05, 4.69) is 6.07 Å². The Morgan fingerprint density at radius 1 is 1.39 bits per heavy atom. The molecule has 1 heterocycles. The van der Waals surface area contributed by atoms with Crippen molar-refractivity contribution in [2.24, 2.45) is 5.41 Å². The third-order valence-electron chi connectivity index (χ3n) is 3.80. The van der Waals surface area contributed by atoms with Crippen LogP contribution >= 0.6 is 11.6 Å². The molecule has 0 unspecified atom stereocenters. The molecule has 0 spiro atoms. The Morgan fingerprint density at radius 2 is 2.04 bits per heavy atom. The van der Waals surface area contributed by atoms with Crippen LogP contribution in [0.4, 0.5) is 0 Å². The SMILES string of the molecule is CC(C)(CC#N)CS(=O)(=O)N1CCO[C@H](c2ccc(Cl)cc2)C1. The predicted molar refractivity (Wildman–Crippen MR) is 89.5 cm³/mol. The molecule has 1 saturated heterocycles. The third kappa shape index (κ3) is 4.92. The molecule has 23 heavy (non-hydrogen) atoms. The molecule has 0 radical (unpaired) electrons. The van der Waals surface area contributed by atoms with Gasteiger partial charge in [-0.3, -0.25) is 0 Å². The number of ether oxygens (including phenoxy) is 1. The van der Waals surface area contributed by atoms with Gasteiger partial charge in [-0.15, -0.1) is 0 Å². The molecule has 0 bridgehead atoms. The van der Waals surface area contributed by atoms with Gasteiger partial charge in [-0.25, -0.2) is 8.42 Å². The second kappa shape index (κ2) is 7.18. The van der Waals surface area contributed by atoms with Crippen LogP contribution in [0, 0.1) is 16.7 Å². The molecule has 0 saturated carbocycles. The van der Waals surface area contributed by atoms with Crippen molar-refractivity contribution in [3.8, 4) is 6.07 Å². The molecule has 5 nitrogen and oxygen atoms in total. The van der Waals surface area contributed by atoms with E-state index >= 15 is 0 Å². The summed E-state index contributed by atoms with van der Waals surface area (Å²) in [5.74, 6) is -0.0408. The number of benzene rings is 1. The average molecular weight is 357 g/mol. The number of hydrogen-bond donors (Lipinski definition) is 0. The van der Waals surface area contributed by atoms with E-state index in [1.165, 1.54) is 4.31 Å². The van der Waals surface area contributed by atoms with Crippen molar-refractivity contribution in [1.82, 2.24) is 4.31 Å². The molecular weight excluding hydrogens is 336 g/mol. The van der Waals surface area contributed by atoms with E-state index in [1.54, 1.807) is 26.0 Å². The van der Waals surface area contributed by atoms with Gasteiger partial charge in [-0.2, -0.15) is 9.57 Å². The summed E-state index contributed by atoms with van der Waals surface area (Å²) in [4.78, 5) is 0. The van der Waals surface area contributed by atoms with E-state index in [1.807, 2.05) is 12.1 Å². The van der Waals surface area contributed by atoms with Crippen LogP contribution < -0.4 is 0 Å². The van der Waals surface area contributed by atoms with Crippen LogP contribution in [0.5, 0.6) is 0 Å². The van der Waals surface area contributed by atoms with Gasteiger partial charge in [0.15, 0.2) is 0 Å². The van der Waals surface area contributed by atoms with Gasteiger partial charge in [0.25, 0.3) is 0 Å². The van der Waals surface area contributed by atoms with Crippen LogP contribution in [0.2, 0.25) is 5.02 Å². The number of rotatable bonds is 5. The molecule has 1 fully saturated rings. The van der Waals surface area contributed by atoms with Crippen molar-refractivity contribution in [3.63, 3.8) is 0 Å². The van der Waals surface area contributed by atoms with Gasteiger partial charge in [0, 0.05) is 24.5 Å². The molecule has 0 amide bonds. The average Bonchev–Trinajstić information content (AvgIpc) is 2.47. The lowest BCUT2D eigenvalue weighted by Crippen LogP contribution is -2.45. The van der Waals surface area contributed by atoms with Crippen LogP contribution in [0.1, 0.15) is 31.9 Å². The Bertz CT molecular complexity index is 680. The fourth-order valence-electron chi connectivity index (χ4n) is 2.61. The highest BCUT2D eigenvalue weighted by Crippen LogP contribution is 2.28. The highest BCUT2D eigenvalue weighted by Gasteiger charge is 2.34. The number of hydrogen-bond acceptors (Lipinski definition) is 4. The topological polar surface area (TPSA) is 70.4 Å². The third-order valence-corrected chi connectivity index (χ3v) is 6.31. The number of halogens is 1. The van der Waals surface area contributed by atoms with Crippen molar-refractivity contribution in [2.75, 3.05) is 25.4 Å². The lowest BCUT2D eigenvalue weighted by molar-refractivity contribution is -0.00276. The summed E-state index contributed by atoms with van der Waals surface area (Å²) in [6, 6.07) is 9.29. The number of sulfonamides is 1. The standard InChI is InChI=1S/C16H21ClN2O3S/c1-16(2,7-8-18)12-23(20,21)19-9-10-22-15(11-19)13-3-5-14(17)6-4-13/h3-6,15H,7,9-12H2,1-2H3/t15-/m0/s1. The van der Waals surface area contributed by atoms with Crippen LogP contribution in [0.25, 0.3) is 0 Å². The first-order chi connectivity index (χ1) is 10.7. The molecule has 126 valence electrons. The van der Waals surface area contributed by atoms with E-state index in [4.69, 9.17) is 21.6 Å². The van der Waals surface area contributed by atoms with Gasteiger partial charge in [0.05, 0.1) is 24.5 Å². The zero-order chi connectivity index (χ0) is 17.1. The molecule has 1 aromatic rings. The summed E-state index contributed by atoms with van der Waals surface area (Å²) >= 11 is 5.88. The Hall–Kier alpha value is -1.13. The lowest BCUT2D eigenvalue weighted by Gasteiger charge is -2.34. The maximum Gasteiger partial charge on any atom is 0.214 e. The minimum Gasteiger partial charge on any atom is -0.371 e. The second-order valence-electron chi connectivity index (χ2n) is 6.52. The van der Waals surface area contributed by atoms with Crippen molar-refractivity contribution >= 4 is 21.6 Å². The fraction of sp³-hybridized carbons (Fsp3) is 0.562. The summed E-state index contributed by atoms with van der Waals surface area (Å²) in [6.45, 7) is 4.57. The van der Waals surface area contributed by atoms with Gasteiger partial charge < -0.3 is 4.74 Å². The Balaban J connectivity index is 2.11. The second-order valence-corrected chi connectivity index (χ2v) is 8.93. The Morgan fingerprint density at radius 3 is 2.65 bits per heavy atom. The summed E-state index contributed by atoms with van der Waals surface area (Å²) in [5.41, 5.74) is 0.340. The van der Waals surface area contributed by atoms with Gasteiger partial charge >= 0.3 is 0 Å². The summed E-state index contributed by atoms with van der Waals surface area (Å²) in [6.07, 6.45) is -0.0909. The van der Waals surface area contributed by atoms with Crippen molar-refractivity contribution in [3.05, 3.63) is 34.9 Å². The maximum atomic E-state index is 12.6. The first-order valence-electron chi connectivity index (χ1n) is 7.45. The quantitative estimate of drug-likeness (QED) is 0.813. The van der Waals surface area contributed by atoms with E-state index in [0.717, 1.165) is 5.56 Å². The normalized spacial score (nSPS) is 20.2. The monoisotopic (exact) mass is 356 g/mol. The lowest BCUT2D eigenvalue weighted by atomic mass is 9.93. The van der Waals surface area contributed by atoms with Crippen LogP contribution in [0.3, 0.4) is 0 Å². The van der Waals surface area contributed by atoms with Gasteiger partial charge in [-0.1, -0.05) is 37.6 Å². The van der Waals surface area contributed by atoms with E-state index in [0.29, 0.717) is 18.2 Å². The molecule has 0 N–H and O–H groups in total. The van der Waals surface area contributed by atoms with E-state index in [9.17, 15) is 8.42 Å².